The van der Waals surface area contributed by atoms with Crippen molar-refractivity contribution in [1.82, 2.24) is 0 Å². The minimum Gasteiger partial charge on any atom is -0.0816 e. The predicted molar refractivity (Wildman–Crippen MR) is 76.5 cm³/mol. The molecule has 16 heavy (non-hydrogen) atoms. The Labute approximate surface area is 107 Å². The highest BCUT2D eigenvalue weighted by Crippen LogP contribution is 2.24. The van der Waals surface area contributed by atoms with E-state index in [4.69, 9.17) is 0 Å². The van der Waals surface area contributed by atoms with Crippen molar-refractivity contribution in [1.29, 1.82) is 0 Å². The lowest BCUT2D eigenvalue weighted by molar-refractivity contribution is 1.17. The Morgan fingerprint density at radius 2 is 1.69 bits per heavy atom. The number of hydrogen-bond donors (Lipinski definition) is 0. The Hall–Kier alpha value is -0.820. The van der Waals surface area contributed by atoms with Gasteiger partial charge in [-0.05, 0) is 56.0 Å². The Bertz CT molecular complexity index is 408. The van der Waals surface area contributed by atoms with Crippen LogP contribution < -0.4 is 0 Å². The second-order valence-corrected chi connectivity index (χ2v) is 4.97. The molecule has 1 aromatic carbocycles. The third-order valence-corrected chi connectivity index (χ3v) is 3.47. The van der Waals surface area contributed by atoms with Crippen LogP contribution in [0.15, 0.2) is 46.0 Å². The third kappa shape index (κ3) is 3.34. The maximum atomic E-state index is 3.46. The summed E-state index contributed by atoms with van der Waals surface area (Å²) in [6.07, 6.45) is 3.37. The van der Waals surface area contributed by atoms with Gasteiger partial charge in [0, 0.05) is 4.47 Å². The molecule has 0 aromatic heterocycles. The summed E-state index contributed by atoms with van der Waals surface area (Å²) in [7, 11) is 0. The van der Waals surface area contributed by atoms with Gasteiger partial charge < -0.3 is 0 Å². The molecule has 1 heteroatoms. The van der Waals surface area contributed by atoms with Gasteiger partial charge in [-0.25, -0.2) is 0 Å². The van der Waals surface area contributed by atoms with Gasteiger partial charge in [0.25, 0.3) is 0 Å². The number of rotatable bonds is 3. The van der Waals surface area contributed by atoms with Crippen LogP contribution in [0.25, 0.3) is 5.57 Å². The smallest absolute Gasteiger partial charge is 0.0175 e. The van der Waals surface area contributed by atoms with E-state index in [0.29, 0.717) is 0 Å². The molecule has 0 amide bonds. The summed E-state index contributed by atoms with van der Waals surface area (Å²) in [6, 6.07) is 8.49. The van der Waals surface area contributed by atoms with E-state index in [2.05, 4.69) is 74.0 Å². The van der Waals surface area contributed by atoms with E-state index in [-0.39, 0.29) is 0 Å². The van der Waals surface area contributed by atoms with Crippen molar-refractivity contribution in [2.24, 2.45) is 0 Å². The molecule has 0 aliphatic rings. The first-order valence-electron chi connectivity index (χ1n) is 5.66. The van der Waals surface area contributed by atoms with Crippen LogP contribution in [0.5, 0.6) is 0 Å². The minimum absolute atomic E-state index is 1.09. The van der Waals surface area contributed by atoms with Gasteiger partial charge >= 0.3 is 0 Å². The molecule has 0 saturated carbocycles. The maximum absolute atomic E-state index is 3.46. The first kappa shape index (κ1) is 13.2. The van der Waals surface area contributed by atoms with Gasteiger partial charge in [0.05, 0.1) is 0 Å². The molecule has 0 heterocycles. The highest BCUT2D eigenvalue weighted by Gasteiger charge is 2.01. The Morgan fingerprint density at radius 3 is 2.19 bits per heavy atom. The van der Waals surface area contributed by atoms with Crippen LogP contribution in [0, 0.1) is 0 Å². The van der Waals surface area contributed by atoms with E-state index < -0.39 is 0 Å². The molecule has 0 fully saturated rings. The van der Waals surface area contributed by atoms with Gasteiger partial charge in [-0.3, -0.25) is 0 Å². The van der Waals surface area contributed by atoms with Crippen LogP contribution >= 0.6 is 15.9 Å². The van der Waals surface area contributed by atoms with Crippen molar-refractivity contribution in [3.05, 3.63) is 51.5 Å². The molecule has 1 rings (SSSR count). The van der Waals surface area contributed by atoms with E-state index in [9.17, 15) is 0 Å². The van der Waals surface area contributed by atoms with Gasteiger partial charge in [0.15, 0.2) is 0 Å². The van der Waals surface area contributed by atoms with Crippen LogP contribution in [0.3, 0.4) is 0 Å². The molecule has 0 nitrogen and oxygen atoms in total. The van der Waals surface area contributed by atoms with E-state index in [0.717, 1.165) is 10.9 Å². The maximum Gasteiger partial charge on any atom is 0.0175 e. The number of hydrogen-bond acceptors (Lipinski definition) is 0. The Kier molecular flexibility index (Phi) is 5.01. The quantitative estimate of drug-likeness (QED) is 0.632. The normalized spacial score (nSPS) is 13.7. The standard InChI is InChI=1S/C15H19Br/c1-5-6-11(2)12(3)13(4)14-7-9-15(16)10-8-14/h6-10H,5H2,1-4H3/b11-6-,13-12-. The summed E-state index contributed by atoms with van der Waals surface area (Å²) < 4.78 is 1.13. The molecule has 86 valence electrons. The molecule has 0 radical (unpaired) electrons. The number of halogens is 1. The van der Waals surface area contributed by atoms with Crippen LogP contribution in [0.4, 0.5) is 0 Å². The molecule has 0 aliphatic carbocycles. The second kappa shape index (κ2) is 6.05. The monoisotopic (exact) mass is 278 g/mol. The Morgan fingerprint density at radius 1 is 1.12 bits per heavy atom. The summed E-state index contributed by atoms with van der Waals surface area (Å²) in [4.78, 5) is 0. The molecule has 0 bridgehead atoms. The second-order valence-electron chi connectivity index (χ2n) is 4.05. The first-order chi connectivity index (χ1) is 7.56. The fraction of sp³-hybridized carbons (Fsp3) is 0.333. The molecule has 1 aromatic rings. The molecule has 0 N–H and O–H groups in total. The van der Waals surface area contributed by atoms with Crippen molar-refractivity contribution in [2.75, 3.05) is 0 Å². The predicted octanol–water partition coefficient (Wildman–Crippen LogP) is 5.60. The van der Waals surface area contributed by atoms with Crippen molar-refractivity contribution in [3.8, 4) is 0 Å². The van der Waals surface area contributed by atoms with Crippen molar-refractivity contribution in [2.45, 2.75) is 34.1 Å². The first-order valence-corrected chi connectivity index (χ1v) is 6.46. The lowest BCUT2D eigenvalue weighted by Gasteiger charge is -2.09. The fourth-order valence-electron chi connectivity index (χ4n) is 1.67. The number of allylic oxidation sites excluding steroid dienone is 4. The average molecular weight is 279 g/mol. The summed E-state index contributed by atoms with van der Waals surface area (Å²) >= 11 is 3.46. The zero-order chi connectivity index (χ0) is 12.1. The molecule has 0 aliphatic heterocycles. The van der Waals surface area contributed by atoms with Crippen molar-refractivity contribution >= 4 is 21.5 Å². The van der Waals surface area contributed by atoms with E-state index in [1.54, 1.807) is 0 Å². The average Bonchev–Trinajstić information content (AvgIpc) is 2.28. The summed E-state index contributed by atoms with van der Waals surface area (Å²) in [5.74, 6) is 0. The Balaban J connectivity index is 3.08. The van der Waals surface area contributed by atoms with Gasteiger partial charge in [-0.1, -0.05) is 46.6 Å². The summed E-state index contributed by atoms with van der Waals surface area (Å²) in [6.45, 7) is 8.73. The van der Waals surface area contributed by atoms with Crippen molar-refractivity contribution < 1.29 is 0 Å². The molecule has 0 atom stereocenters. The van der Waals surface area contributed by atoms with E-state index >= 15 is 0 Å². The van der Waals surface area contributed by atoms with Gasteiger partial charge in [0.1, 0.15) is 0 Å². The molecular formula is C15H19Br. The van der Waals surface area contributed by atoms with E-state index in [1.165, 1.54) is 22.3 Å². The van der Waals surface area contributed by atoms with Crippen LogP contribution in [0.1, 0.15) is 39.7 Å². The zero-order valence-corrected chi connectivity index (χ0v) is 12.1. The SMILES string of the molecule is CC/C=C(C)\C(C)=C(\C)c1ccc(Br)cc1. The van der Waals surface area contributed by atoms with Gasteiger partial charge in [-0.2, -0.15) is 0 Å². The van der Waals surface area contributed by atoms with Crippen molar-refractivity contribution in [3.63, 3.8) is 0 Å². The van der Waals surface area contributed by atoms with Crippen LogP contribution in [-0.2, 0) is 0 Å². The minimum atomic E-state index is 1.09. The lowest BCUT2D eigenvalue weighted by atomic mass is 9.97. The van der Waals surface area contributed by atoms with Crippen LogP contribution in [-0.4, -0.2) is 0 Å². The topological polar surface area (TPSA) is 0 Å². The summed E-state index contributed by atoms with van der Waals surface area (Å²) in [5, 5.41) is 0. The van der Waals surface area contributed by atoms with Crippen LogP contribution in [0.2, 0.25) is 0 Å². The van der Waals surface area contributed by atoms with Gasteiger partial charge in [-0.15, -0.1) is 0 Å². The molecule has 0 spiro atoms. The highest BCUT2D eigenvalue weighted by molar-refractivity contribution is 9.10. The van der Waals surface area contributed by atoms with Gasteiger partial charge in [0.2, 0.25) is 0 Å². The third-order valence-electron chi connectivity index (χ3n) is 2.94. The molecular weight excluding hydrogens is 260 g/mol. The molecule has 0 unspecified atom stereocenters. The molecule has 0 saturated heterocycles. The summed E-state index contributed by atoms with van der Waals surface area (Å²) in [5.41, 5.74) is 5.41. The fourth-order valence-corrected chi connectivity index (χ4v) is 1.94. The lowest BCUT2D eigenvalue weighted by Crippen LogP contribution is -1.87. The number of benzene rings is 1. The highest BCUT2D eigenvalue weighted by atomic mass is 79.9. The largest absolute Gasteiger partial charge is 0.0816 e. The van der Waals surface area contributed by atoms with E-state index in [1.807, 2.05) is 0 Å². The zero-order valence-electron chi connectivity index (χ0n) is 10.5.